The third-order valence-electron chi connectivity index (χ3n) is 23.4. The minimum Gasteiger partial charge on any atom is -0.756 e. The third kappa shape index (κ3) is 20.8. The van der Waals surface area contributed by atoms with Crippen LogP contribution in [0.5, 0.6) is 0 Å². The molecule has 6 aliphatic rings. The molecule has 9 rings (SSSR count). The number of amides is 7. The molecule has 0 radical (unpaired) electrons. The first kappa shape index (κ1) is 94.8. The summed E-state index contributed by atoms with van der Waals surface area (Å²) in [6, 6.07) is 7.56. The number of aryl methyl sites for hydroxylation is 2. The van der Waals surface area contributed by atoms with Gasteiger partial charge in [-0.3, -0.25) is 53.1 Å². The van der Waals surface area contributed by atoms with E-state index >= 15 is 0 Å². The molecule has 15 atom stereocenters. The van der Waals surface area contributed by atoms with Gasteiger partial charge in [-0.1, -0.05) is 57.9 Å². The minimum absolute atomic E-state index is 0. The molecule has 7 heterocycles. The number of nitrogens with two attached hydrogens (primary N) is 7. The van der Waals surface area contributed by atoms with E-state index in [1.165, 1.54) is 30.0 Å². The number of carbonyl (C=O) groups is 7. The van der Waals surface area contributed by atoms with Crippen molar-refractivity contribution in [2.24, 2.45) is 106 Å². The van der Waals surface area contributed by atoms with E-state index in [0.717, 1.165) is 36.1 Å². The van der Waals surface area contributed by atoms with Crippen molar-refractivity contribution in [2.45, 2.75) is 214 Å². The molecule has 8 bridgehead atoms. The molecular weight excluding hydrogens is 1550 g/mol. The summed E-state index contributed by atoms with van der Waals surface area (Å²) in [6.45, 7) is 20.2. The Morgan fingerprint density at radius 1 is 0.789 bits per heavy atom. The molecule has 2 aromatic carbocycles. The molecule has 31 nitrogen and oxygen atoms in total. The van der Waals surface area contributed by atoms with E-state index in [4.69, 9.17) is 83.8 Å². The number of phosphoric acid groups is 1. The maximum absolute atomic E-state index is 14.4. The van der Waals surface area contributed by atoms with Crippen molar-refractivity contribution in [1.29, 1.82) is 0 Å². The monoisotopic (exact) mass is 1660 g/mol. The average molecular weight is 1660 g/mol. The number of ether oxygens (including phenoxy) is 2. The van der Waals surface area contributed by atoms with Crippen LogP contribution >= 0.6 is 7.82 Å². The Bertz CT molecular complexity index is 4360. The summed E-state index contributed by atoms with van der Waals surface area (Å²) in [5.41, 5.74) is 42.5. The number of rotatable bonds is 35. The quantitative estimate of drug-likeness (QED) is 0.00934. The Kier molecular flexibility index (Phi) is 31.9. The Morgan fingerprint density at radius 3 is 1.96 bits per heavy atom. The zero-order chi connectivity index (χ0) is 83.1. The number of halogens is 3. The molecule has 2 fully saturated rings. The van der Waals surface area contributed by atoms with Crippen molar-refractivity contribution in [1.82, 2.24) is 14.9 Å². The van der Waals surface area contributed by atoms with Gasteiger partial charge in [0.15, 0.2) is 6.23 Å². The second kappa shape index (κ2) is 38.3. The van der Waals surface area contributed by atoms with Gasteiger partial charge in [0.25, 0.3) is 7.82 Å². The number of aliphatic hydroxyl groups excluding tert-OH is 2. The fourth-order valence-electron chi connectivity index (χ4n) is 17.1. The number of nitrogens with one attached hydrogen (secondary N) is 1. The van der Waals surface area contributed by atoms with Gasteiger partial charge in [0.05, 0.1) is 52.6 Å². The van der Waals surface area contributed by atoms with Crippen LogP contribution in [0.3, 0.4) is 0 Å². The van der Waals surface area contributed by atoms with E-state index in [2.05, 4.69) is 15.5 Å². The second-order valence-corrected chi connectivity index (χ2v) is 33.0. The first-order valence-corrected chi connectivity index (χ1v) is 39.0. The van der Waals surface area contributed by atoms with Gasteiger partial charge in [-0.05, 0) is 156 Å². The summed E-state index contributed by atoms with van der Waals surface area (Å²) in [6.07, 6.45) is -6.89. The number of nitrogens with zero attached hydrogens (tertiary/aromatic N) is 7. The van der Waals surface area contributed by atoms with E-state index in [9.17, 15) is 66.4 Å². The maximum atomic E-state index is 14.4. The first-order chi connectivity index (χ1) is 52.3. The fraction of sp³-hybridized carbons (Fsp3) is 0.603. The summed E-state index contributed by atoms with van der Waals surface area (Å²) in [7, 11) is -3.70. The number of carbonyl (C=O) groups excluding carboxylic acids is 7. The van der Waals surface area contributed by atoms with Crippen molar-refractivity contribution in [3.05, 3.63) is 112 Å². The number of aliphatic hydroxyl groups is 2. The number of oxime groups is 1. The summed E-state index contributed by atoms with van der Waals surface area (Å²) in [5, 5.41) is 34.1. The molecule has 7 amide bonds. The van der Waals surface area contributed by atoms with Gasteiger partial charge in [0.2, 0.25) is 41.4 Å². The number of primary amides is 6. The summed E-state index contributed by atoms with van der Waals surface area (Å²) in [5.74, 6) is -7.40. The van der Waals surface area contributed by atoms with E-state index in [-0.39, 0.29) is 108 Å². The third-order valence-corrected chi connectivity index (χ3v) is 24.5. The van der Waals surface area contributed by atoms with E-state index in [1.54, 1.807) is 14.0 Å². The van der Waals surface area contributed by atoms with Crippen LogP contribution < -0.4 is 50.3 Å². The number of phosphoric ester groups is 1. The van der Waals surface area contributed by atoms with E-state index < -0.39 is 155 Å². The number of methoxy groups -OCH3 is 1. The molecule has 1 unspecified atom stereocenters. The largest absolute Gasteiger partial charge is 3.00 e. The Morgan fingerprint density at radius 2 is 1.39 bits per heavy atom. The van der Waals surface area contributed by atoms with E-state index in [1.807, 2.05) is 80.5 Å². The molecular formula is C78H112CoF3N15O16P. The summed E-state index contributed by atoms with van der Waals surface area (Å²) < 4.78 is 74.6. The van der Waals surface area contributed by atoms with Gasteiger partial charge in [0, 0.05) is 129 Å². The second-order valence-electron chi connectivity index (χ2n) is 31.7. The van der Waals surface area contributed by atoms with E-state index in [0.29, 0.717) is 87.3 Å². The number of benzene rings is 2. The van der Waals surface area contributed by atoms with Gasteiger partial charge in [-0.2, -0.15) is 18.9 Å². The zero-order valence-corrected chi connectivity index (χ0v) is 69.0. The Hall–Kier alpha value is -8.09. The number of aromatic nitrogens is 2. The number of aliphatic imine (C=N–C) groups is 3. The molecule has 17 N–H and O–H groups in total. The molecule has 6 aliphatic heterocycles. The number of hydrogen-bond donors (Lipinski definition) is 10. The standard InChI is InChI=1S/C62H90N13O14P.C15H21F3N2O2.CH3.Co/c1-29-20-39-40(21-30(29)2)75(28-70-39)57-52(84)53(41(27-76)87-57)89-90(85,86)88-31(3)26-69-49(83)18-19-59(8)37(22-46(66)80)56-62(11)61(10,25-48(68)82)36(14-17-45(65)79)51(74-62)33(5)55-60(9,24-47(67)81)34(12-15-43(63)77)38(71-55)23-42-58(6,7)35(13-16-44(64)78)50(72-42)32(4)54(59)73-56;1-21-10-3-2-4-14(20-22-11-9-19)12-5-7-13(8-6-12)15(16,17)18;;/h20-21,23,28,31,34-37,41,52-53,56-57,76,84H,12-19,22,24-27H2,1-11H3,(H15,63,64,65,66,67,68,69,71,72,73,74,77,78,79,80,81,82,83,85,86);5-8H,2-4,9-11,19H2,1H3;1H3;/q;;-1;+3/p-2/b;20-14+;;/t31-,34-,35-,36-,37+,41-,52-,53-,56-,57+,59-,60+,61+,62+;;;/m1.../s1. The number of unbranched alkanes of at least 4 members (excludes halogenated alkanes) is 1. The van der Waals surface area contributed by atoms with Crippen LogP contribution in [0, 0.1) is 66.6 Å². The van der Waals surface area contributed by atoms with Crippen molar-refractivity contribution in [3.63, 3.8) is 0 Å². The van der Waals surface area contributed by atoms with Crippen LogP contribution in [-0.2, 0) is 84.4 Å². The topological polar surface area (TPSA) is 522 Å². The Labute approximate surface area is 673 Å². The fourth-order valence-corrected chi connectivity index (χ4v) is 18.3. The molecule has 630 valence electrons. The van der Waals surface area contributed by atoms with Gasteiger partial charge < -0.3 is 101 Å². The van der Waals surface area contributed by atoms with Crippen molar-refractivity contribution in [2.75, 3.05) is 40.0 Å². The molecule has 3 aromatic rings. The van der Waals surface area contributed by atoms with Crippen molar-refractivity contribution < 1.29 is 107 Å². The van der Waals surface area contributed by atoms with Crippen molar-refractivity contribution >= 4 is 83.1 Å². The molecule has 0 spiro atoms. The van der Waals surface area contributed by atoms with Crippen LogP contribution in [-0.4, -0.2) is 160 Å². The summed E-state index contributed by atoms with van der Waals surface area (Å²) in [4.78, 5) is 133. The van der Waals surface area contributed by atoms with Crippen LogP contribution in [0.25, 0.3) is 16.4 Å². The maximum Gasteiger partial charge on any atom is 3.00 e. The number of alkyl halides is 3. The van der Waals surface area contributed by atoms with Gasteiger partial charge in [-0.25, -0.2) is 4.98 Å². The predicted octanol–water partition coefficient (Wildman–Crippen LogP) is 6.96. The SMILES string of the molecule is C/C1=C2/[N-][C@H]([C@H](CC(N)=O)[C@@]2(C)CCC(=O)NC[C@@H](C)OP(=O)([O-])O[C@H]2[C@@H](O)[C@@H](n3cnc4cc(C)c(C)cc43)O[C@@H]2CO)[C@]2(C)N=C(/C(C)=C3N=C(/C=C4N=C1[C@@H](CCC(N)=O)C\4(C)C)[C@@H](CCC(N)=O)[C@]\3(C)CC(N)=O)[C@@H](CCC(N)=O)[C@]2(C)CC(N)=O.COCCCC/C(=N\OCCN)c1ccc(C(F)(F)F)cc1.[CH3-].[Co+3]. The smallest absolute Gasteiger partial charge is 0.756 e. The van der Waals surface area contributed by atoms with Gasteiger partial charge in [0.1, 0.15) is 24.9 Å². The summed E-state index contributed by atoms with van der Waals surface area (Å²) >= 11 is 0. The van der Waals surface area contributed by atoms with Crippen LogP contribution in [0.4, 0.5) is 13.2 Å². The number of imidazole rings is 1. The molecule has 0 saturated carbocycles. The van der Waals surface area contributed by atoms with Gasteiger partial charge in [-0.15, -0.1) is 0 Å². The van der Waals surface area contributed by atoms with Gasteiger partial charge >= 0.3 is 23.0 Å². The van der Waals surface area contributed by atoms with Crippen LogP contribution in [0.2, 0.25) is 0 Å². The average Bonchev–Trinajstić information content (AvgIpc) is 1.52. The molecule has 2 saturated heterocycles. The number of hydrogen-bond acceptors (Lipinski definition) is 22. The zero-order valence-electron chi connectivity index (χ0n) is 67.0. The molecule has 36 heteroatoms. The van der Waals surface area contributed by atoms with Crippen LogP contribution in [0.15, 0.2) is 97.2 Å². The minimum atomic E-state index is -5.32. The van der Waals surface area contributed by atoms with Crippen molar-refractivity contribution in [3.8, 4) is 0 Å². The first-order valence-electron chi connectivity index (χ1n) is 37.5. The van der Waals surface area contributed by atoms with Crippen LogP contribution in [0.1, 0.15) is 181 Å². The Balaban J connectivity index is 0.000000728. The normalized spacial score (nSPS) is 29.4. The molecule has 0 aliphatic carbocycles. The predicted molar refractivity (Wildman–Crippen MR) is 417 cm³/mol. The number of fused-ring (bicyclic) bond motifs is 7. The number of allylic oxidation sites excluding steroid dienone is 6. The molecule has 114 heavy (non-hydrogen) atoms. The molecule has 1 aromatic heterocycles.